The number of benzene rings is 3. The molecule has 0 fully saturated rings. The third kappa shape index (κ3) is 4.83. The van der Waals surface area contributed by atoms with E-state index in [-0.39, 0.29) is 11.7 Å². The molecule has 0 saturated heterocycles. The maximum Gasteiger partial charge on any atom is 0.130 e. The molecule has 0 radical (unpaired) electrons. The molecule has 1 atom stereocenters. The molecule has 0 aliphatic carbocycles. The van der Waals surface area contributed by atoms with E-state index in [1.54, 1.807) is 6.92 Å². The first kappa shape index (κ1) is 18.4. The first-order valence-electron chi connectivity index (χ1n) is 8.64. The molecule has 0 bridgehead atoms. The van der Waals surface area contributed by atoms with Crippen molar-refractivity contribution in [1.82, 2.24) is 0 Å². The van der Waals surface area contributed by atoms with Crippen molar-refractivity contribution >= 4 is 21.7 Å². The first-order chi connectivity index (χ1) is 12.6. The standard InChI is InChI=1S/C23H21BrO2/c1-17(25)14-22(19-10-7-11-20(24)15-19)21-12-5-6-13-23(21)26-16-18-8-3-2-4-9-18/h2-13,15,22H,14,16H2,1H3/t22-/m1/s1. The second kappa shape index (κ2) is 8.81. The number of hydrogen-bond acceptors (Lipinski definition) is 2. The van der Waals surface area contributed by atoms with E-state index < -0.39 is 0 Å². The fraction of sp³-hybridized carbons (Fsp3) is 0.174. The van der Waals surface area contributed by atoms with Gasteiger partial charge in [0.15, 0.2) is 0 Å². The van der Waals surface area contributed by atoms with Gasteiger partial charge in [0.2, 0.25) is 0 Å². The Labute approximate surface area is 163 Å². The van der Waals surface area contributed by atoms with Crippen LogP contribution in [-0.4, -0.2) is 5.78 Å². The summed E-state index contributed by atoms with van der Waals surface area (Å²) in [5, 5.41) is 0. The monoisotopic (exact) mass is 408 g/mol. The van der Waals surface area contributed by atoms with Gasteiger partial charge in [0.1, 0.15) is 18.1 Å². The maximum absolute atomic E-state index is 11.9. The zero-order valence-corrected chi connectivity index (χ0v) is 16.3. The molecule has 0 saturated carbocycles. The van der Waals surface area contributed by atoms with Crippen molar-refractivity contribution in [2.45, 2.75) is 25.9 Å². The van der Waals surface area contributed by atoms with Crippen molar-refractivity contribution in [2.75, 3.05) is 0 Å². The Bertz CT molecular complexity index is 874. The Balaban J connectivity index is 1.92. The molecule has 3 rings (SSSR count). The smallest absolute Gasteiger partial charge is 0.130 e. The summed E-state index contributed by atoms with van der Waals surface area (Å²) >= 11 is 3.53. The summed E-state index contributed by atoms with van der Waals surface area (Å²) in [4.78, 5) is 11.9. The highest BCUT2D eigenvalue weighted by atomic mass is 79.9. The molecule has 0 N–H and O–H groups in total. The van der Waals surface area contributed by atoms with Gasteiger partial charge in [-0.2, -0.15) is 0 Å². The number of Topliss-reactive ketones (excluding diaryl/α,β-unsaturated/α-hetero) is 1. The van der Waals surface area contributed by atoms with Crippen molar-refractivity contribution in [2.24, 2.45) is 0 Å². The predicted octanol–water partition coefficient (Wildman–Crippen LogP) is 6.14. The average molecular weight is 409 g/mol. The number of ketones is 1. The molecular formula is C23H21BrO2. The molecule has 132 valence electrons. The third-order valence-electron chi connectivity index (χ3n) is 4.27. The van der Waals surface area contributed by atoms with E-state index in [4.69, 9.17) is 4.74 Å². The summed E-state index contributed by atoms with van der Waals surface area (Å²) in [5.74, 6) is 0.951. The van der Waals surface area contributed by atoms with Crippen molar-refractivity contribution in [1.29, 1.82) is 0 Å². The van der Waals surface area contributed by atoms with E-state index in [1.807, 2.05) is 60.7 Å². The average Bonchev–Trinajstić information content (AvgIpc) is 2.65. The van der Waals surface area contributed by atoms with Gasteiger partial charge in [-0.05, 0) is 36.2 Å². The van der Waals surface area contributed by atoms with Crippen molar-refractivity contribution in [3.05, 3.63) is 100 Å². The maximum atomic E-state index is 11.9. The Morgan fingerprint density at radius 3 is 2.42 bits per heavy atom. The third-order valence-corrected chi connectivity index (χ3v) is 4.77. The molecule has 3 aromatic rings. The van der Waals surface area contributed by atoms with Gasteiger partial charge in [-0.3, -0.25) is 4.79 Å². The first-order valence-corrected chi connectivity index (χ1v) is 9.43. The summed E-state index contributed by atoms with van der Waals surface area (Å²) in [6, 6.07) is 26.2. The predicted molar refractivity (Wildman–Crippen MR) is 108 cm³/mol. The zero-order chi connectivity index (χ0) is 18.4. The van der Waals surface area contributed by atoms with Crippen molar-refractivity contribution < 1.29 is 9.53 Å². The Morgan fingerprint density at radius 1 is 0.962 bits per heavy atom. The van der Waals surface area contributed by atoms with Crippen LogP contribution in [0.4, 0.5) is 0 Å². The molecule has 0 aliphatic rings. The molecule has 3 aromatic carbocycles. The molecule has 0 heterocycles. The van der Waals surface area contributed by atoms with Gasteiger partial charge in [-0.1, -0.05) is 76.6 Å². The van der Waals surface area contributed by atoms with E-state index >= 15 is 0 Å². The number of halogens is 1. The normalized spacial score (nSPS) is 11.8. The Kier molecular flexibility index (Phi) is 6.24. The SMILES string of the molecule is CC(=O)C[C@H](c1cccc(Br)c1)c1ccccc1OCc1ccccc1. The number of para-hydroxylation sites is 1. The van der Waals surface area contributed by atoms with Crippen LogP contribution >= 0.6 is 15.9 Å². The van der Waals surface area contributed by atoms with Crippen LogP contribution in [-0.2, 0) is 11.4 Å². The number of carbonyl (C=O) groups excluding carboxylic acids is 1. The fourth-order valence-electron chi connectivity index (χ4n) is 3.05. The molecule has 3 heteroatoms. The van der Waals surface area contributed by atoms with Gasteiger partial charge in [0.05, 0.1) is 0 Å². The van der Waals surface area contributed by atoms with Crippen LogP contribution < -0.4 is 4.74 Å². The van der Waals surface area contributed by atoms with E-state index in [9.17, 15) is 4.79 Å². The molecule has 0 spiro atoms. The molecule has 0 unspecified atom stereocenters. The summed E-state index contributed by atoms with van der Waals surface area (Å²) in [6.45, 7) is 2.14. The minimum atomic E-state index is -0.0306. The van der Waals surface area contributed by atoms with Gasteiger partial charge in [0.25, 0.3) is 0 Å². The number of ether oxygens (including phenoxy) is 1. The summed E-state index contributed by atoms with van der Waals surface area (Å²) in [7, 11) is 0. The quantitative estimate of drug-likeness (QED) is 0.469. The number of hydrogen-bond donors (Lipinski definition) is 0. The summed E-state index contributed by atoms with van der Waals surface area (Å²) in [5.41, 5.74) is 3.26. The van der Waals surface area contributed by atoms with Crippen LogP contribution in [0.3, 0.4) is 0 Å². The van der Waals surface area contributed by atoms with Crippen molar-refractivity contribution in [3.63, 3.8) is 0 Å². The summed E-state index contributed by atoms with van der Waals surface area (Å²) in [6.07, 6.45) is 0.447. The molecule has 0 aliphatic heterocycles. The lowest BCUT2D eigenvalue weighted by atomic mass is 9.87. The molecule has 0 amide bonds. The highest BCUT2D eigenvalue weighted by molar-refractivity contribution is 9.10. The van der Waals surface area contributed by atoms with Gasteiger partial charge in [-0.15, -0.1) is 0 Å². The van der Waals surface area contributed by atoms with E-state index in [2.05, 4.69) is 34.1 Å². The van der Waals surface area contributed by atoms with Crippen LogP contribution in [0.5, 0.6) is 5.75 Å². The van der Waals surface area contributed by atoms with E-state index in [0.717, 1.165) is 26.9 Å². The zero-order valence-electron chi connectivity index (χ0n) is 14.7. The lowest BCUT2D eigenvalue weighted by molar-refractivity contribution is -0.117. The van der Waals surface area contributed by atoms with Gasteiger partial charge in [-0.25, -0.2) is 0 Å². The Hall–Kier alpha value is -2.39. The van der Waals surface area contributed by atoms with E-state index in [1.165, 1.54) is 0 Å². The molecule has 26 heavy (non-hydrogen) atoms. The van der Waals surface area contributed by atoms with Crippen LogP contribution in [0.2, 0.25) is 0 Å². The van der Waals surface area contributed by atoms with Crippen LogP contribution in [0.25, 0.3) is 0 Å². The minimum absolute atomic E-state index is 0.0306. The van der Waals surface area contributed by atoms with Crippen LogP contribution in [0.15, 0.2) is 83.3 Å². The van der Waals surface area contributed by atoms with Crippen LogP contribution in [0, 0.1) is 0 Å². The van der Waals surface area contributed by atoms with Crippen molar-refractivity contribution in [3.8, 4) is 5.75 Å². The largest absolute Gasteiger partial charge is 0.489 e. The topological polar surface area (TPSA) is 26.3 Å². The highest BCUT2D eigenvalue weighted by Gasteiger charge is 2.20. The lowest BCUT2D eigenvalue weighted by Gasteiger charge is -2.20. The fourth-order valence-corrected chi connectivity index (χ4v) is 3.47. The molecule has 0 aromatic heterocycles. The van der Waals surface area contributed by atoms with E-state index in [0.29, 0.717) is 13.0 Å². The van der Waals surface area contributed by atoms with Gasteiger partial charge in [0, 0.05) is 22.4 Å². The Morgan fingerprint density at radius 2 is 1.69 bits per heavy atom. The molecular weight excluding hydrogens is 388 g/mol. The number of rotatable bonds is 7. The van der Waals surface area contributed by atoms with Gasteiger partial charge < -0.3 is 4.74 Å². The second-order valence-electron chi connectivity index (χ2n) is 6.33. The molecule has 2 nitrogen and oxygen atoms in total. The highest BCUT2D eigenvalue weighted by Crippen LogP contribution is 2.35. The minimum Gasteiger partial charge on any atom is -0.489 e. The summed E-state index contributed by atoms with van der Waals surface area (Å²) < 4.78 is 7.12. The van der Waals surface area contributed by atoms with Gasteiger partial charge >= 0.3 is 0 Å². The van der Waals surface area contributed by atoms with Crippen LogP contribution in [0.1, 0.15) is 36.0 Å². The second-order valence-corrected chi connectivity index (χ2v) is 7.24. The number of carbonyl (C=O) groups is 1. The lowest BCUT2D eigenvalue weighted by Crippen LogP contribution is -2.09.